The minimum absolute atomic E-state index is 0.0139. The summed E-state index contributed by atoms with van der Waals surface area (Å²) in [5, 5.41) is 1.04. The molecule has 0 saturated heterocycles. The van der Waals surface area contributed by atoms with Crippen molar-refractivity contribution < 1.29 is 14.3 Å². The molecular formula is C20H16Cl2N2O3. The van der Waals surface area contributed by atoms with E-state index < -0.39 is 5.97 Å². The highest BCUT2D eigenvalue weighted by molar-refractivity contribution is 6.32. The van der Waals surface area contributed by atoms with E-state index in [-0.39, 0.29) is 18.7 Å². The lowest BCUT2D eigenvalue weighted by atomic mass is 10.2. The van der Waals surface area contributed by atoms with Crippen LogP contribution in [0.5, 0.6) is 0 Å². The molecule has 0 bridgehead atoms. The van der Waals surface area contributed by atoms with Crippen LogP contribution in [0, 0.1) is 0 Å². The monoisotopic (exact) mass is 402 g/mol. The lowest BCUT2D eigenvalue weighted by Gasteiger charge is -2.13. The minimum atomic E-state index is -0.588. The Bertz CT molecular complexity index is 981. The summed E-state index contributed by atoms with van der Waals surface area (Å²) in [5.74, 6) is -0.116. The molecule has 0 saturated carbocycles. The minimum Gasteiger partial charge on any atom is -0.461 e. The second kappa shape index (κ2) is 8.37. The summed E-state index contributed by atoms with van der Waals surface area (Å²) in [5.41, 5.74) is 1.85. The van der Waals surface area contributed by atoms with Gasteiger partial charge in [0, 0.05) is 17.0 Å². The molecule has 0 spiro atoms. The van der Waals surface area contributed by atoms with Crippen molar-refractivity contribution in [3.05, 3.63) is 70.0 Å². The van der Waals surface area contributed by atoms with Crippen LogP contribution in [0.4, 0.5) is 0 Å². The van der Waals surface area contributed by atoms with Crippen molar-refractivity contribution in [2.45, 2.75) is 13.3 Å². The average Bonchev–Trinajstić information content (AvgIpc) is 3.02. The number of halogens is 2. The smallest absolute Gasteiger partial charge is 0.358 e. The predicted molar refractivity (Wildman–Crippen MR) is 105 cm³/mol. The molecule has 27 heavy (non-hydrogen) atoms. The van der Waals surface area contributed by atoms with Gasteiger partial charge in [-0.05, 0) is 43.3 Å². The van der Waals surface area contributed by atoms with Crippen LogP contribution in [0.3, 0.4) is 0 Å². The topological polar surface area (TPSA) is 61.2 Å². The lowest BCUT2D eigenvalue weighted by molar-refractivity contribution is -0.107. The summed E-state index contributed by atoms with van der Waals surface area (Å²) < 4.78 is 6.83. The molecule has 7 heteroatoms. The zero-order valence-corrected chi connectivity index (χ0v) is 16.0. The number of carbonyl (C=O) groups is 2. The highest BCUT2D eigenvalue weighted by Crippen LogP contribution is 2.31. The Balaban J connectivity index is 2.32. The number of ether oxygens (including phenoxy) is 1. The number of esters is 1. The molecule has 2 aromatic carbocycles. The van der Waals surface area contributed by atoms with Crippen molar-refractivity contribution >= 4 is 35.5 Å². The molecule has 1 aromatic heterocycles. The van der Waals surface area contributed by atoms with E-state index in [1.54, 1.807) is 54.0 Å². The van der Waals surface area contributed by atoms with Gasteiger partial charge in [-0.25, -0.2) is 9.78 Å². The molecular weight excluding hydrogens is 387 g/mol. The van der Waals surface area contributed by atoms with Gasteiger partial charge in [0.25, 0.3) is 0 Å². The number of hydrogen-bond donors (Lipinski definition) is 0. The fourth-order valence-corrected chi connectivity index (χ4v) is 3.12. The quantitative estimate of drug-likeness (QED) is 0.440. The summed E-state index contributed by atoms with van der Waals surface area (Å²) >= 11 is 12.4. The third-order valence-electron chi connectivity index (χ3n) is 3.91. The first kappa shape index (κ1) is 19.1. The Morgan fingerprint density at radius 3 is 2.48 bits per heavy atom. The van der Waals surface area contributed by atoms with Gasteiger partial charge in [0.15, 0.2) is 5.69 Å². The standard InChI is InChI=1S/C20H16Cl2N2O3/c1-2-27-20(26)18-17(11-12-25)24(16-6-4-3-5-15(16)22)19(23-18)13-7-9-14(21)10-8-13/h3-10,12H,2,11H2,1H3. The molecule has 0 fully saturated rings. The zero-order chi connectivity index (χ0) is 19.4. The highest BCUT2D eigenvalue weighted by atomic mass is 35.5. The van der Waals surface area contributed by atoms with Crippen LogP contribution in [0.2, 0.25) is 10.0 Å². The van der Waals surface area contributed by atoms with Gasteiger partial charge < -0.3 is 9.53 Å². The number of para-hydroxylation sites is 1. The third kappa shape index (κ3) is 3.89. The number of aldehydes is 1. The van der Waals surface area contributed by atoms with E-state index in [4.69, 9.17) is 27.9 Å². The molecule has 0 aliphatic rings. The maximum Gasteiger partial charge on any atom is 0.358 e. The molecule has 3 aromatic rings. The Morgan fingerprint density at radius 1 is 1.15 bits per heavy atom. The van der Waals surface area contributed by atoms with Gasteiger partial charge >= 0.3 is 5.97 Å². The lowest BCUT2D eigenvalue weighted by Crippen LogP contribution is -2.11. The summed E-state index contributed by atoms with van der Waals surface area (Å²) in [7, 11) is 0. The van der Waals surface area contributed by atoms with Gasteiger partial charge in [-0.1, -0.05) is 35.3 Å². The summed E-state index contributed by atoms with van der Waals surface area (Å²) in [6.45, 7) is 1.91. The fourth-order valence-electron chi connectivity index (χ4n) is 2.77. The van der Waals surface area contributed by atoms with Gasteiger partial charge in [-0.15, -0.1) is 0 Å². The molecule has 5 nitrogen and oxygen atoms in total. The maximum absolute atomic E-state index is 12.4. The van der Waals surface area contributed by atoms with Gasteiger partial charge in [-0.3, -0.25) is 4.57 Å². The number of aromatic nitrogens is 2. The van der Waals surface area contributed by atoms with Crippen LogP contribution in [0.25, 0.3) is 17.1 Å². The van der Waals surface area contributed by atoms with E-state index in [2.05, 4.69) is 4.98 Å². The molecule has 0 atom stereocenters. The van der Waals surface area contributed by atoms with Crippen LogP contribution in [0.15, 0.2) is 48.5 Å². The normalized spacial score (nSPS) is 10.6. The number of benzene rings is 2. The van der Waals surface area contributed by atoms with Crippen molar-refractivity contribution in [2.24, 2.45) is 0 Å². The Hall–Kier alpha value is -2.63. The molecule has 0 N–H and O–H groups in total. The SMILES string of the molecule is CCOC(=O)c1nc(-c2ccc(Cl)cc2)n(-c2ccccc2Cl)c1CC=O. The number of hydrogen-bond acceptors (Lipinski definition) is 4. The van der Waals surface area contributed by atoms with E-state index in [0.717, 1.165) is 11.8 Å². The van der Waals surface area contributed by atoms with Crippen LogP contribution >= 0.6 is 23.2 Å². The molecule has 0 amide bonds. The average molecular weight is 403 g/mol. The van der Waals surface area contributed by atoms with E-state index in [9.17, 15) is 9.59 Å². The second-order valence-electron chi connectivity index (χ2n) is 5.62. The first-order valence-corrected chi connectivity index (χ1v) is 9.05. The molecule has 138 valence electrons. The van der Waals surface area contributed by atoms with E-state index in [1.807, 2.05) is 6.07 Å². The van der Waals surface area contributed by atoms with Crippen LogP contribution < -0.4 is 0 Å². The Kier molecular flexibility index (Phi) is 5.94. The fraction of sp³-hybridized carbons (Fsp3) is 0.150. The van der Waals surface area contributed by atoms with Crippen molar-refractivity contribution in [1.82, 2.24) is 9.55 Å². The largest absolute Gasteiger partial charge is 0.461 e. The number of rotatable bonds is 6. The first-order valence-electron chi connectivity index (χ1n) is 8.30. The maximum atomic E-state index is 12.4. The van der Waals surface area contributed by atoms with Gasteiger partial charge in [0.2, 0.25) is 0 Å². The van der Waals surface area contributed by atoms with Crippen molar-refractivity contribution in [2.75, 3.05) is 6.61 Å². The molecule has 0 aliphatic carbocycles. The summed E-state index contributed by atoms with van der Waals surface area (Å²) in [6.07, 6.45) is 0.707. The van der Waals surface area contributed by atoms with Crippen molar-refractivity contribution in [3.63, 3.8) is 0 Å². The zero-order valence-electron chi connectivity index (χ0n) is 14.5. The Morgan fingerprint density at radius 2 is 1.85 bits per heavy atom. The second-order valence-corrected chi connectivity index (χ2v) is 6.46. The van der Waals surface area contributed by atoms with E-state index in [0.29, 0.717) is 27.3 Å². The summed E-state index contributed by atoms with van der Waals surface area (Å²) in [4.78, 5) is 28.3. The molecule has 0 aliphatic heterocycles. The van der Waals surface area contributed by atoms with Crippen molar-refractivity contribution in [3.8, 4) is 17.1 Å². The molecule has 3 rings (SSSR count). The van der Waals surface area contributed by atoms with Crippen LogP contribution in [-0.4, -0.2) is 28.4 Å². The number of nitrogens with zero attached hydrogens (tertiary/aromatic N) is 2. The van der Waals surface area contributed by atoms with E-state index >= 15 is 0 Å². The molecule has 1 heterocycles. The van der Waals surface area contributed by atoms with Crippen LogP contribution in [-0.2, 0) is 16.0 Å². The van der Waals surface area contributed by atoms with Gasteiger partial charge in [-0.2, -0.15) is 0 Å². The Labute approximate surface area is 166 Å². The van der Waals surface area contributed by atoms with Crippen LogP contribution in [0.1, 0.15) is 23.1 Å². The highest BCUT2D eigenvalue weighted by Gasteiger charge is 2.25. The molecule has 0 radical (unpaired) electrons. The molecule has 0 unspecified atom stereocenters. The number of imidazole rings is 1. The van der Waals surface area contributed by atoms with E-state index in [1.165, 1.54) is 0 Å². The first-order chi connectivity index (χ1) is 13.1. The number of carbonyl (C=O) groups excluding carboxylic acids is 2. The van der Waals surface area contributed by atoms with Crippen molar-refractivity contribution in [1.29, 1.82) is 0 Å². The summed E-state index contributed by atoms with van der Waals surface area (Å²) in [6, 6.07) is 14.2. The van der Waals surface area contributed by atoms with Gasteiger partial charge in [0.05, 0.1) is 23.0 Å². The van der Waals surface area contributed by atoms with Gasteiger partial charge in [0.1, 0.15) is 12.1 Å². The predicted octanol–water partition coefficient (Wildman–Crippen LogP) is 4.76. The third-order valence-corrected chi connectivity index (χ3v) is 4.49.